The van der Waals surface area contributed by atoms with Crippen molar-refractivity contribution in [2.75, 3.05) is 32.1 Å². The SMILES string of the molecule is CCOC(=O)c1[nH]cc2c1NC1=C(C(=O)CNC1)C2c1ccc(Sc2nc3ccc(OC)cc3[nH]2)o1. The quantitative estimate of drug-likeness (QED) is 0.289. The lowest BCUT2D eigenvalue weighted by Gasteiger charge is -2.31. The second-order valence-corrected chi connectivity index (χ2v) is 9.37. The van der Waals surface area contributed by atoms with Gasteiger partial charge in [-0.05, 0) is 43.0 Å². The predicted octanol–water partition coefficient (Wildman–Crippen LogP) is 3.80. The van der Waals surface area contributed by atoms with Crippen LogP contribution in [0.5, 0.6) is 5.75 Å². The summed E-state index contributed by atoms with van der Waals surface area (Å²) in [6.45, 7) is 2.74. The fourth-order valence-corrected chi connectivity index (χ4v) is 5.42. The van der Waals surface area contributed by atoms with Gasteiger partial charge in [0.15, 0.2) is 16.0 Å². The summed E-state index contributed by atoms with van der Waals surface area (Å²) in [4.78, 5) is 36.4. The zero-order chi connectivity index (χ0) is 24.8. The largest absolute Gasteiger partial charge is 0.497 e. The molecule has 0 radical (unpaired) electrons. The van der Waals surface area contributed by atoms with Crippen molar-refractivity contribution >= 4 is 40.2 Å². The molecule has 4 N–H and O–H groups in total. The van der Waals surface area contributed by atoms with Crippen LogP contribution in [0.25, 0.3) is 11.0 Å². The third-order valence-electron chi connectivity index (χ3n) is 6.23. The number of Topliss-reactive ketones (excluding diaryl/α,β-unsaturated/α-hetero) is 1. The van der Waals surface area contributed by atoms with E-state index in [-0.39, 0.29) is 18.9 Å². The molecule has 36 heavy (non-hydrogen) atoms. The Kier molecular flexibility index (Phi) is 5.57. The van der Waals surface area contributed by atoms with Gasteiger partial charge in [-0.15, -0.1) is 0 Å². The first-order valence-electron chi connectivity index (χ1n) is 11.5. The van der Waals surface area contributed by atoms with Crippen molar-refractivity contribution in [3.8, 4) is 5.75 Å². The zero-order valence-corrected chi connectivity index (χ0v) is 20.4. The minimum absolute atomic E-state index is 0.0184. The van der Waals surface area contributed by atoms with Gasteiger partial charge in [0.25, 0.3) is 0 Å². The first-order chi connectivity index (χ1) is 17.6. The summed E-state index contributed by atoms with van der Waals surface area (Å²) in [5.41, 5.74) is 4.73. The predicted molar refractivity (Wildman–Crippen MR) is 133 cm³/mol. The fraction of sp³-hybridized carbons (Fsp3) is 0.240. The lowest BCUT2D eigenvalue weighted by molar-refractivity contribution is -0.115. The summed E-state index contributed by atoms with van der Waals surface area (Å²) in [5.74, 6) is 0.417. The first kappa shape index (κ1) is 22.5. The van der Waals surface area contributed by atoms with Gasteiger partial charge < -0.3 is 34.5 Å². The molecular weight excluding hydrogens is 482 g/mol. The molecule has 1 unspecified atom stereocenters. The molecule has 1 atom stereocenters. The molecular formula is C25H23N5O5S. The Morgan fingerprint density at radius 3 is 2.97 bits per heavy atom. The van der Waals surface area contributed by atoms with Crippen LogP contribution in [-0.2, 0) is 9.53 Å². The number of carbonyl (C=O) groups excluding carboxylic acids is 2. The first-order valence-corrected chi connectivity index (χ1v) is 12.3. The smallest absolute Gasteiger partial charge is 0.356 e. The van der Waals surface area contributed by atoms with E-state index < -0.39 is 11.9 Å². The summed E-state index contributed by atoms with van der Waals surface area (Å²) < 4.78 is 16.7. The number of methoxy groups -OCH3 is 1. The van der Waals surface area contributed by atoms with Crippen LogP contribution in [0.4, 0.5) is 5.69 Å². The van der Waals surface area contributed by atoms with Crippen LogP contribution in [0.2, 0.25) is 0 Å². The summed E-state index contributed by atoms with van der Waals surface area (Å²) in [6, 6.07) is 9.37. The highest BCUT2D eigenvalue weighted by molar-refractivity contribution is 7.99. The van der Waals surface area contributed by atoms with Crippen molar-refractivity contribution in [3.05, 3.63) is 64.8 Å². The minimum Gasteiger partial charge on any atom is -0.497 e. The van der Waals surface area contributed by atoms with E-state index in [0.717, 1.165) is 28.0 Å². The standard InChI is InChI=1S/C25H23N5O5S/c1-3-34-24(32)23-22-13(9-27-23)20(21-16(28-22)10-26-11-17(21)31)18-6-7-19(35-18)36-25-29-14-5-4-12(33-2)8-15(14)30-25/h4-9,20,26-28H,3,10-11H2,1-2H3,(H,29,30). The van der Waals surface area contributed by atoms with E-state index in [1.165, 1.54) is 11.8 Å². The molecule has 0 bridgehead atoms. The lowest BCUT2D eigenvalue weighted by Crippen LogP contribution is -2.39. The minimum atomic E-state index is -0.459. The molecule has 3 aromatic heterocycles. The molecule has 1 aromatic carbocycles. The Bertz CT molecular complexity index is 1530. The number of nitrogens with zero attached hydrogens (tertiary/aromatic N) is 1. The molecule has 4 aromatic rings. The number of H-pyrrole nitrogens is 2. The second-order valence-electron chi connectivity index (χ2n) is 8.38. The summed E-state index contributed by atoms with van der Waals surface area (Å²) >= 11 is 1.35. The van der Waals surface area contributed by atoms with Crippen LogP contribution in [0.3, 0.4) is 0 Å². The van der Waals surface area contributed by atoms with Crippen LogP contribution in [0.15, 0.2) is 62.5 Å². The normalized spacial score (nSPS) is 17.1. The maximum absolute atomic E-state index is 13.0. The number of benzene rings is 1. The third-order valence-corrected chi connectivity index (χ3v) is 7.04. The molecule has 11 heteroatoms. The van der Waals surface area contributed by atoms with Crippen LogP contribution >= 0.6 is 11.8 Å². The number of hydrogen-bond acceptors (Lipinski definition) is 9. The topological polar surface area (TPSA) is 134 Å². The van der Waals surface area contributed by atoms with E-state index in [4.69, 9.17) is 13.9 Å². The molecule has 0 spiro atoms. The van der Waals surface area contributed by atoms with Crippen LogP contribution < -0.4 is 15.4 Å². The molecule has 0 saturated heterocycles. The fourth-order valence-electron chi connectivity index (χ4n) is 4.65. The van der Waals surface area contributed by atoms with Gasteiger partial charge in [0.05, 0.1) is 42.9 Å². The van der Waals surface area contributed by atoms with E-state index in [0.29, 0.717) is 39.5 Å². The number of anilines is 1. The maximum atomic E-state index is 13.0. The monoisotopic (exact) mass is 505 g/mol. The molecule has 2 aliphatic rings. The summed E-state index contributed by atoms with van der Waals surface area (Å²) in [7, 11) is 1.62. The van der Waals surface area contributed by atoms with Gasteiger partial charge in [0.1, 0.15) is 17.2 Å². The van der Waals surface area contributed by atoms with Crippen molar-refractivity contribution in [1.82, 2.24) is 20.3 Å². The van der Waals surface area contributed by atoms with Crippen LogP contribution in [-0.4, -0.2) is 53.5 Å². The van der Waals surface area contributed by atoms with Gasteiger partial charge in [-0.25, -0.2) is 9.78 Å². The molecule has 2 aliphatic heterocycles. The third kappa shape index (κ3) is 3.76. The van der Waals surface area contributed by atoms with Gasteiger partial charge >= 0.3 is 5.97 Å². The van der Waals surface area contributed by atoms with Crippen molar-refractivity contribution in [2.45, 2.75) is 23.1 Å². The number of fused-ring (bicyclic) bond motifs is 2. The van der Waals surface area contributed by atoms with Gasteiger partial charge in [-0.1, -0.05) is 0 Å². The van der Waals surface area contributed by atoms with E-state index in [9.17, 15) is 9.59 Å². The number of aromatic amines is 2. The number of imidazole rings is 1. The van der Waals surface area contributed by atoms with Crippen LogP contribution in [0.1, 0.15) is 34.7 Å². The van der Waals surface area contributed by atoms with E-state index in [1.54, 1.807) is 20.2 Å². The molecule has 6 rings (SSSR count). The second kappa shape index (κ2) is 8.92. The van der Waals surface area contributed by atoms with Gasteiger partial charge in [0.2, 0.25) is 0 Å². The molecule has 5 heterocycles. The average Bonchev–Trinajstić information content (AvgIpc) is 3.60. The van der Waals surface area contributed by atoms with Crippen molar-refractivity contribution < 1.29 is 23.5 Å². The molecule has 0 fully saturated rings. The number of ether oxygens (including phenoxy) is 2. The number of furan rings is 1. The Hall–Kier alpha value is -3.96. The van der Waals surface area contributed by atoms with Crippen molar-refractivity contribution in [2.24, 2.45) is 0 Å². The number of rotatable bonds is 6. The highest BCUT2D eigenvalue weighted by Crippen LogP contribution is 2.45. The van der Waals surface area contributed by atoms with E-state index in [2.05, 4.69) is 25.6 Å². The number of nitrogens with one attached hydrogen (secondary N) is 4. The highest BCUT2D eigenvalue weighted by Gasteiger charge is 2.39. The molecule has 184 valence electrons. The van der Waals surface area contributed by atoms with Gasteiger partial charge in [-0.2, -0.15) is 0 Å². The van der Waals surface area contributed by atoms with Crippen molar-refractivity contribution in [3.63, 3.8) is 0 Å². The Morgan fingerprint density at radius 1 is 1.25 bits per heavy atom. The van der Waals surface area contributed by atoms with E-state index in [1.807, 2.05) is 30.3 Å². The molecule has 10 nitrogen and oxygen atoms in total. The molecule has 0 saturated carbocycles. The van der Waals surface area contributed by atoms with Crippen LogP contribution in [0, 0.1) is 0 Å². The van der Waals surface area contributed by atoms with Gasteiger partial charge in [-0.3, -0.25) is 4.79 Å². The Morgan fingerprint density at radius 2 is 2.14 bits per heavy atom. The molecule has 0 aliphatic carbocycles. The summed E-state index contributed by atoms with van der Waals surface area (Å²) in [6.07, 6.45) is 1.74. The number of hydrogen-bond donors (Lipinski definition) is 4. The lowest BCUT2D eigenvalue weighted by atomic mass is 9.82. The van der Waals surface area contributed by atoms with Gasteiger partial charge in [0, 0.05) is 35.6 Å². The Balaban J connectivity index is 1.36. The number of ketones is 1. The van der Waals surface area contributed by atoms with E-state index >= 15 is 0 Å². The number of esters is 1. The van der Waals surface area contributed by atoms with Crippen molar-refractivity contribution in [1.29, 1.82) is 0 Å². The number of carbonyl (C=O) groups is 2. The zero-order valence-electron chi connectivity index (χ0n) is 19.6. The Labute approximate surface area is 209 Å². The number of aromatic nitrogens is 3. The molecule has 0 amide bonds. The highest BCUT2D eigenvalue weighted by atomic mass is 32.2. The maximum Gasteiger partial charge on any atom is 0.356 e. The average molecular weight is 506 g/mol. The summed E-state index contributed by atoms with van der Waals surface area (Å²) in [5, 5.41) is 7.69.